The van der Waals surface area contributed by atoms with Gasteiger partial charge in [-0.1, -0.05) is 23.4 Å². The average molecular weight is 233 g/mol. The zero-order valence-electron chi connectivity index (χ0n) is 9.72. The molecule has 0 radical (unpaired) electrons. The lowest BCUT2D eigenvalue weighted by Gasteiger charge is -2.00. The zero-order chi connectivity index (χ0) is 12.1. The van der Waals surface area contributed by atoms with Crippen molar-refractivity contribution in [1.82, 2.24) is 10.1 Å². The fourth-order valence-electron chi connectivity index (χ4n) is 1.51. The van der Waals surface area contributed by atoms with Gasteiger partial charge in [0.1, 0.15) is 0 Å². The molecule has 1 aromatic carbocycles. The molecule has 2 aromatic rings. The van der Waals surface area contributed by atoms with E-state index < -0.39 is 0 Å². The van der Waals surface area contributed by atoms with Crippen molar-refractivity contribution in [3.63, 3.8) is 0 Å². The summed E-state index contributed by atoms with van der Waals surface area (Å²) in [7, 11) is 1.64. The molecule has 5 nitrogen and oxygen atoms in total. The summed E-state index contributed by atoms with van der Waals surface area (Å²) in [6.07, 6.45) is 1.22. The first-order valence-corrected chi connectivity index (χ1v) is 5.43. The first-order valence-electron chi connectivity index (χ1n) is 5.43. The molecule has 0 amide bonds. The van der Waals surface area contributed by atoms with E-state index in [1.54, 1.807) is 7.11 Å². The van der Waals surface area contributed by atoms with Crippen molar-refractivity contribution in [1.29, 1.82) is 0 Å². The standard InChI is InChI=1S/C12H15N3O2/c1-16-7-6-11-14-12(17-15-11)8-9-4-2-3-5-10(9)13/h2-5H,6-8,13H2,1H3. The summed E-state index contributed by atoms with van der Waals surface area (Å²) < 4.78 is 10.1. The zero-order valence-corrected chi connectivity index (χ0v) is 9.72. The minimum Gasteiger partial charge on any atom is -0.398 e. The number of hydrogen-bond donors (Lipinski definition) is 1. The Morgan fingerprint density at radius 2 is 2.18 bits per heavy atom. The van der Waals surface area contributed by atoms with Crippen molar-refractivity contribution in [3.05, 3.63) is 41.5 Å². The molecule has 0 saturated heterocycles. The van der Waals surface area contributed by atoms with Gasteiger partial charge in [-0.2, -0.15) is 4.98 Å². The average Bonchev–Trinajstić information content (AvgIpc) is 2.77. The summed E-state index contributed by atoms with van der Waals surface area (Å²) in [5.41, 5.74) is 7.58. The number of methoxy groups -OCH3 is 1. The van der Waals surface area contributed by atoms with Crippen LogP contribution in [0.5, 0.6) is 0 Å². The van der Waals surface area contributed by atoms with Gasteiger partial charge in [-0.25, -0.2) is 0 Å². The maximum atomic E-state index is 5.85. The van der Waals surface area contributed by atoms with Crippen LogP contribution in [-0.4, -0.2) is 23.9 Å². The molecule has 0 unspecified atom stereocenters. The Balaban J connectivity index is 2.04. The van der Waals surface area contributed by atoms with Crippen molar-refractivity contribution in [2.24, 2.45) is 0 Å². The Bertz CT molecular complexity index is 482. The second-order valence-electron chi connectivity index (χ2n) is 3.72. The molecule has 0 atom stereocenters. The summed E-state index contributed by atoms with van der Waals surface area (Å²) >= 11 is 0. The van der Waals surface area contributed by atoms with Crippen LogP contribution >= 0.6 is 0 Å². The van der Waals surface area contributed by atoms with E-state index >= 15 is 0 Å². The highest BCUT2D eigenvalue weighted by Gasteiger charge is 2.08. The predicted octanol–water partition coefficient (Wildman–Crippen LogP) is 1.43. The minimum atomic E-state index is 0.562. The van der Waals surface area contributed by atoms with Gasteiger partial charge in [-0.15, -0.1) is 0 Å². The Morgan fingerprint density at radius 3 is 2.94 bits per heavy atom. The van der Waals surface area contributed by atoms with Gasteiger partial charge in [0.25, 0.3) is 0 Å². The fraction of sp³-hybridized carbons (Fsp3) is 0.333. The third-order valence-corrected chi connectivity index (χ3v) is 2.44. The largest absolute Gasteiger partial charge is 0.398 e. The maximum absolute atomic E-state index is 5.85. The molecule has 5 heteroatoms. The van der Waals surface area contributed by atoms with Gasteiger partial charge in [0.2, 0.25) is 5.89 Å². The van der Waals surface area contributed by atoms with Crippen molar-refractivity contribution >= 4 is 5.69 Å². The first kappa shape index (κ1) is 11.6. The van der Waals surface area contributed by atoms with Crippen molar-refractivity contribution in [3.8, 4) is 0 Å². The van der Waals surface area contributed by atoms with Crippen LogP contribution in [0.15, 0.2) is 28.8 Å². The Morgan fingerprint density at radius 1 is 1.35 bits per heavy atom. The van der Waals surface area contributed by atoms with E-state index in [0.29, 0.717) is 31.2 Å². The Hall–Kier alpha value is -1.88. The van der Waals surface area contributed by atoms with Crippen LogP contribution in [0.3, 0.4) is 0 Å². The molecule has 90 valence electrons. The Labute approximate surface area is 99.6 Å². The van der Waals surface area contributed by atoms with Gasteiger partial charge in [0.15, 0.2) is 5.82 Å². The molecule has 1 heterocycles. The van der Waals surface area contributed by atoms with E-state index in [-0.39, 0.29) is 0 Å². The number of para-hydroxylation sites is 1. The first-order chi connectivity index (χ1) is 8.29. The molecule has 2 N–H and O–H groups in total. The normalized spacial score (nSPS) is 10.6. The fourth-order valence-corrected chi connectivity index (χ4v) is 1.51. The third kappa shape index (κ3) is 3.04. The van der Waals surface area contributed by atoms with E-state index in [2.05, 4.69) is 10.1 Å². The number of benzene rings is 1. The second kappa shape index (κ2) is 5.45. The van der Waals surface area contributed by atoms with E-state index in [9.17, 15) is 0 Å². The highest BCUT2D eigenvalue weighted by molar-refractivity contribution is 5.47. The molecule has 0 aliphatic carbocycles. The van der Waals surface area contributed by atoms with E-state index in [1.165, 1.54) is 0 Å². The van der Waals surface area contributed by atoms with Crippen LogP contribution in [0, 0.1) is 0 Å². The molecule has 2 rings (SSSR count). The van der Waals surface area contributed by atoms with Crippen LogP contribution in [0.25, 0.3) is 0 Å². The highest BCUT2D eigenvalue weighted by Crippen LogP contribution is 2.14. The van der Waals surface area contributed by atoms with Crippen LogP contribution in [0.1, 0.15) is 17.3 Å². The second-order valence-corrected chi connectivity index (χ2v) is 3.72. The maximum Gasteiger partial charge on any atom is 0.231 e. The van der Waals surface area contributed by atoms with Gasteiger partial charge >= 0.3 is 0 Å². The molecule has 1 aromatic heterocycles. The lowest BCUT2D eigenvalue weighted by molar-refractivity contribution is 0.199. The van der Waals surface area contributed by atoms with Crippen LogP contribution in [0.2, 0.25) is 0 Å². The van der Waals surface area contributed by atoms with Crippen molar-refractivity contribution in [2.45, 2.75) is 12.8 Å². The predicted molar refractivity (Wildman–Crippen MR) is 63.5 cm³/mol. The lowest BCUT2D eigenvalue weighted by atomic mass is 10.1. The monoisotopic (exact) mass is 233 g/mol. The molecular formula is C12H15N3O2. The smallest absolute Gasteiger partial charge is 0.231 e. The molecular weight excluding hydrogens is 218 g/mol. The van der Waals surface area contributed by atoms with Gasteiger partial charge in [-0.3, -0.25) is 0 Å². The summed E-state index contributed by atoms with van der Waals surface area (Å²) in [6, 6.07) is 7.65. The summed E-state index contributed by atoms with van der Waals surface area (Å²) in [4.78, 5) is 4.27. The van der Waals surface area contributed by atoms with Gasteiger partial charge < -0.3 is 15.0 Å². The number of ether oxygens (including phenoxy) is 1. The molecule has 0 bridgehead atoms. The summed E-state index contributed by atoms with van der Waals surface area (Å²) in [6.45, 7) is 0.590. The van der Waals surface area contributed by atoms with Gasteiger partial charge in [0.05, 0.1) is 13.0 Å². The van der Waals surface area contributed by atoms with Gasteiger partial charge in [0, 0.05) is 19.2 Å². The summed E-state index contributed by atoms with van der Waals surface area (Å²) in [5.74, 6) is 1.24. The number of anilines is 1. The van der Waals surface area contributed by atoms with Crippen molar-refractivity contribution in [2.75, 3.05) is 19.5 Å². The Kier molecular flexibility index (Phi) is 3.72. The molecule has 0 saturated carbocycles. The molecule has 0 aliphatic rings. The summed E-state index contributed by atoms with van der Waals surface area (Å²) in [5, 5.41) is 3.87. The van der Waals surface area contributed by atoms with Crippen LogP contribution in [-0.2, 0) is 17.6 Å². The van der Waals surface area contributed by atoms with Crippen LogP contribution in [0.4, 0.5) is 5.69 Å². The van der Waals surface area contributed by atoms with E-state index in [1.807, 2.05) is 24.3 Å². The molecule has 0 fully saturated rings. The molecule has 17 heavy (non-hydrogen) atoms. The van der Waals surface area contributed by atoms with E-state index in [0.717, 1.165) is 11.3 Å². The van der Waals surface area contributed by atoms with Crippen molar-refractivity contribution < 1.29 is 9.26 Å². The number of nitrogens with two attached hydrogens (primary N) is 1. The number of hydrogen-bond acceptors (Lipinski definition) is 5. The lowest BCUT2D eigenvalue weighted by Crippen LogP contribution is -1.98. The van der Waals surface area contributed by atoms with E-state index in [4.69, 9.17) is 15.0 Å². The quantitative estimate of drug-likeness (QED) is 0.791. The minimum absolute atomic E-state index is 0.562. The number of nitrogen functional groups attached to an aromatic ring is 1. The highest BCUT2D eigenvalue weighted by atomic mass is 16.5. The number of nitrogens with zero attached hydrogens (tertiary/aromatic N) is 2. The molecule has 0 aliphatic heterocycles. The SMILES string of the molecule is COCCc1noc(Cc2ccccc2N)n1. The molecule has 0 spiro atoms. The number of aromatic nitrogens is 2. The number of rotatable bonds is 5. The van der Waals surface area contributed by atoms with Crippen LogP contribution < -0.4 is 5.73 Å². The topological polar surface area (TPSA) is 74.2 Å². The van der Waals surface area contributed by atoms with Gasteiger partial charge in [-0.05, 0) is 11.6 Å². The third-order valence-electron chi connectivity index (χ3n) is 2.44.